The molecule has 0 bridgehead atoms. The van der Waals surface area contributed by atoms with Gasteiger partial charge in [-0.1, -0.05) is 12.2 Å². The molecule has 0 radical (unpaired) electrons. The molecule has 8 nitrogen and oxygen atoms in total. The number of alkyl halides is 1. The molecular weight excluding hydrogens is 415 g/mol. The van der Waals surface area contributed by atoms with Crippen molar-refractivity contribution >= 4 is 28.2 Å². The molecular formula is C23H25FN4O4. The number of carbonyl (C=O) groups excluding carboxylic acids is 1. The van der Waals surface area contributed by atoms with Crippen molar-refractivity contribution in [1.29, 1.82) is 0 Å². The van der Waals surface area contributed by atoms with Crippen molar-refractivity contribution < 1.29 is 19.4 Å². The summed E-state index contributed by atoms with van der Waals surface area (Å²) in [6.45, 7) is 3.48. The summed E-state index contributed by atoms with van der Waals surface area (Å²) in [7, 11) is 1.62. The summed E-state index contributed by atoms with van der Waals surface area (Å²) < 4.78 is 14.6. The van der Waals surface area contributed by atoms with Gasteiger partial charge in [0.15, 0.2) is 0 Å². The fourth-order valence-electron chi connectivity index (χ4n) is 3.84. The number of hydrogen-bond donors (Lipinski definition) is 4. The summed E-state index contributed by atoms with van der Waals surface area (Å²) in [4.78, 5) is 29.3. The number of hydrogen-bond acceptors (Lipinski definition) is 6. The van der Waals surface area contributed by atoms with E-state index in [4.69, 9.17) is 0 Å². The molecule has 1 amide bonds. The van der Waals surface area contributed by atoms with E-state index in [1.54, 1.807) is 57.6 Å². The third kappa shape index (κ3) is 3.96. The number of fused-ring (bicyclic) bond motifs is 1. The van der Waals surface area contributed by atoms with Crippen LogP contribution < -0.4 is 16.2 Å². The molecule has 1 aliphatic carbocycles. The Labute approximate surface area is 183 Å². The number of nitrogens with zero attached hydrogens (tertiary/aromatic N) is 2. The zero-order valence-corrected chi connectivity index (χ0v) is 18.0. The SMILES string of the molecule is C/C=C/C(O)(O)C1C=C(C)C(c2cc3cnc(NC(=O)C4CC4F)cc3n(C)c2=O)=CN1. The number of aryl methyl sites for hydroxylation is 1. The minimum atomic E-state index is -2.07. The molecule has 32 heavy (non-hydrogen) atoms. The number of aromatic nitrogens is 2. The minimum absolute atomic E-state index is 0.223. The predicted octanol–water partition coefficient (Wildman–Crippen LogP) is 1.75. The molecule has 4 rings (SSSR count). The number of amides is 1. The highest BCUT2D eigenvalue weighted by molar-refractivity contribution is 5.96. The first-order chi connectivity index (χ1) is 15.1. The maximum absolute atomic E-state index is 13.1. The second kappa shape index (κ2) is 7.99. The molecule has 2 aromatic rings. The van der Waals surface area contributed by atoms with E-state index in [-0.39, 0.29) is 17.8 Å². The fourth-order valence-corrected chi connectivity index (χ4v) is 3.84. The van der Waals surface area contributed by atoms with Gasteiger partial charge in [-0.25, -0.2) is 9.37 Å². The topological polar surface area (TPSA) is 116 Å². The van der Waals surface area contributed by atoms with Gasteiger partial charge in [0.05, 0.1) is 11.4 Å². The number of anilines is 1. The van der Waals surface area contributed by atoms with E-state index < -0.39 is 29.8 Å². The fraction of sp³-hybridized carbons (Fsp3) is 0.348. The van der Waals surface area contributed by atoms with E-state index in [1.165, 1.54) is 10.6 Å². The van der Waals surface area contributed by atoms with E-state index in [2.05, 4.69) is 15.6 Å². The van der Waals surface area contributed by atoms with Crippen LogP contribution in [0, 0.1) is 5.92 Å². The maximum Gasteiger partial charge on any atom is 0.258 e. The largest absolute Gasteiger partial charge is 0.379 e. The van der Waals surface area contributed by atoms with Crippen molar-refractivity contribution in [3.8, 4) is 0 Å². The Kier molecular flexibility index (Phi) is 5.47. The van der Waals surface area contributed by atoms with Gasteiger partial charge >= 0.3 is 0 Å². The summed E-state index contributed by atoms with van der Waals surface area (Å²) in [5, 5.41) is 26.6. The van der Waals surface area contributed by atoms with Crippen molar-refractivity contribution in [2.75, 3.05) is 5.32 Å². The maximum atomic E-state index is 13.1. The smallest absolute Gasteiger partial charge is 0.258 e. The molecule has 0 saturated heterocycles. The monoisotopic (exact) mass is 440 g/mol. The van der Waals surface area contributed by atoms with Crippen LogP contribution in [0.5, 0.6) is 0 Å². The number of pyridine rings is 2. The standard InChI is InChI=1S/C23H25FN4O4/c1-4-5-23(31,32)19-6-12(2)16(11-25-19)14-7-13-10-26-20(9-18(13)28(3)22(14)30)27-21(29)15-8-17(15)24/h4-7,9-11,15,17,19,25,31-32H,8H2,1-3H3,(H,26,27,29)/b5-4+. The Morgan fingerprint density at radius 2 is 2.12 bits per heavy atom. The number of nitrogens with one attached hydrogen (secondary N) is 2. The summed E-state index contributed by atoms with van der Waals surface area (Å²) in [5.41, 5.74) is 2.06. The van der Waals surface area contributed by atoms with Gasteiger partial charge in [0.2, 0.25) is 11.7 Å². The third-order valence-corrected chi connectivity index (χ3v) is 5.82. The van der Waals surface area contributed by atoms with Gasteiger partial charge in [0, 0.05) is 42.0 Å². The van der Waals surface area contributed by atoms with Crippen LogP contribution in [0.2, 0.25) is 0 Å². The minimum Gasteiger partial charge on any atom is -0.379 e. The first-order valence-corrected chi connectivity index (χ1v) is 10.3. The highest BCUT2D eigenvalue weighted by Crippen LogP contribution is 2.34. The van der Waals surface area contributed by atoms with Gasteiger partial charge < -0.3 is 25.4 Å². The molecule has 9 heteroatoms. The van der Waals surface area contributed by atoms with Crippen molar-refractivity contribution in [2.45, 2.75) is 38.3 Å². The molecule has 1 saturated carbocycles. The van der Waals surface area contributed by atoms with Gasteiger partial charge in [-0.15, -0.1) is 0 Å². The molecule has 4 N–H and O–H groups in total. The van der Waals surface area contributed by atoms with Crippen LogP contribution in [0.1, 0.15) is 25.8 Å². The van der Waals surface area contributed by atoms with Crippen LogP contribution in [-0.2, 0) is 11.8 Å². The molecule has 2 aliphatic rings. The molecule has 3 atom stereocenters. The lowest BCUT2D eigenvalue weighted by molar-refractivity contribution is -0.130. The molecule has 1 fully saturated rings. The Hall–Kier alpha value is -3.30. The van der Waals surface area contributed by atoms with Gasteiger partial charge in [0.25, 0.3) is 5.56 Å². The van der Waals surface area contributed by atoms with Crippen LogP contribution in [0.4, 0.5) is 10.2 Å². The quantitative estimate of drug-likeness (QED) is 0.416. The Morgan fingerprint density at radius 1 is 1.41 bits per heavy atom. The van der Waals surface area contributed by atoms with E-state index in [0.717, 1.165) is 0 Å². The van der Waals surface area contributed by atoms with Gasteiger partial charge in [-0.05, 0) is 38.0 Å². The molecule has 3 heterocycles. The third-order valence-electron chi connectivity index (χ3n) is 5.82. The van der Waals surface area contributed by atoms with Crippen LogP contribution in [0.3, 0.4) is 0 Å². The van der Waals surface area contributed by atoms with Gasteiger partial charge in [-0.2, -0.15) is 0 Å². The summed E-state index contributed by atoms with van der Waals surface area (Å²) in [6, 6.07) is 2.52. The number of aliphatic hydroxyl groups is 2. The average Bonchev–Trinajstić information content (AvgIpc) is 3.48. The number of carbonyl (C=O) groups is 1. The normalized spacial score (nSPS) is 23.0. The van der Waals surface area contributed by atoms with E-state index in [0.29, 0.717) is 27.6 Å². The molecule has 2 aromatic heterocycles. The Morgan fingerprint density at radius 3 is 2.75 bits per heavy atom. The highest BCUT2D eigenvalue weighted by Gasteiger charge is 2.43. The zero-order valence-electron chi connectivity index (χ0n) is 18.0. The number of rotatable bonds is 5. The van der Waals surface area contributed by atoms with Crippen molar-refractivity contribution in [1.82, 2.24) is 14.9 Å². The van der Waals surface area contributed by atoms with Crippen LogP contribution in [0.15, 0.2) is 53.1 Å². The second-order valence-electron chi connectivity index (χ2n) is 8.23. The van der Waals surface area contributed by atoms with E-state index in [1.807, 2.05) is 0 Å². The van der Waals surface area contributed by atoms with Gasteiger partial charge in [-0.3, -0.25) is 9.59 Å². The first kappa shape index (κ1) is 21.9. The lowest BCUT2D eigenvalue weighted by atomic mass is 9.93. The van der Waals surface area contributed by atoms with Crippen molar-refractivity contribution in [3.63, 3.8) is 0 Å². The molecule has 3 unspecified atom stereocenters. The van der Waals surface area contributed by atoms with Crippen LogP contribution >= 0.6 is 0 Å². The Balaban J connectivity index is 1.66. The zero-order chi connectivity index (χ0) is 23.2. The first-order valence-electron chi connectivity index (χ1n) is 10.3. The number of allylic oxidation sites excluding steroid dienone is 3. The molecule has 0 spiro atoms. The number of halogens is 1. The number of dihydropyridines is 1. The molecule has 168 valence electrons. The molecule has 1 aliphatic heterocycles. The lowest BCUT2D eigenvalue weighted by Gasteiger charge is -2.30. The van der Waals surface area contributed by atoms with Crippen molar-refractivity contribution in [2.24, 2.45) is 13.0 Å². The predicted molar refractivity (Wildman–Crippen MR) is 119 cm³/mol. The Bertz CT molecular complexity index is 1240. The van der Waals surface area contributed by atoms with Crippen LogP contribution in [-0.4, -0.2) is 43.7 Å². The van der Waals surface area contributed by atoms with E-state index in [9.17, 15) is 24.2 Å². The highest BCUT2D eigenvalue weighted by atomic mass is 19.1. The van der Waals surface area contributed by atoms with Gasteiger partial charge in [0.1, 0.15) is 18.0 Å². The lowest BCUT2D eigenvalue weighted by Crippen LogP contribution is -2.48. The average molecular weight is 440 g/mol. The van der Waals surface area contributed by atoms with E-state index >= 15 is 0 Å². The summed E-state index contributed by atoms with van der Waals surface area (Å²) >= 11 is 0. The van der Waals surface area contributed by atoms with Crippen molar-refractivity contribution in [3.05, 3.63) is 64.2 Å². The van der Waals surface area contributed by atoms with Crippen LogP contribution in [0.25, 0.3) is 16.5 Å². The second-order valence-corrected chi connectivity index (χ2v) is 8.23. The molecule has 0 aromatic carbocycles. The summed E-state index contributed by atoms with van der Waals surface area (Å²) in [6.07, 6.45) is 6.75. The summed E-state index contributed by atoms with van der Waals surface area (Å²) in [5.74, 6) is -2.86.